The first-order valence-corrected chi connectivity index (χ1v) is 8.27. The van der Waals surface area contributed by atoms with Crippen LogP contribution in [0.1, 0.15) is 36.7 Å². The van der Waals surface area contributed by atoms with E-state index in [1.807, 2.05) is 57.2 Å². The lowest BCUT2D eigenvalue weighted by molar-refractivity contribution is -0.121. The number of benzene rings is 2. The number of carbonyl (C=O) groups is 2. The monoisotopic (exact) mass is 338 g/mol. The molecule has 0 aliphatic carbocycles. The second-order valence-corrected chi connectivity index (χ2v) is 7.14. The summed E-state index contributed by atoms with van der Waals surface area (Å²) in [5.41, 5.74) is 2.05. The summed E-state index contributed by atoms with van der Waals surface area (Å²) < 4.78 is 5.46. The van der Waals surface area contributed by atoms with Crippen LogP contribution in [0.3, 0.4) is 0 Å². The van der Waals surface area contributed by atoms with Gasteiger partial charge < -0.3 is 15.0 Å². The van der Waals surface area contributed by atoms with Crippen molar-refractivity contribution in [1.82, 2.24) is 5.32 Å². The number of rotatable bonds is 3. The number of anilines is 1. The molecular weight excluding hydrogens is 316 g/mol. The predicted octanol–water partition coefficient (Wildman–Crippen LogP) is 3.14. The fourth-order valence-electron chi connectivity index (χ4n) is 2.68. The van der Waals surface area contributed by atoms with E-state index in [0.29, 0.717) is 17.9 Å². The highest BCUT2D eigenvalue weighted by atomic mass is 16.5. The fourth-order valence-corrected chi connectivity index (χ4v) is 2.68. The summed E-state index contributed by atoms with van der Waals surface area (Å²) in [5.74, 6) is 0.531. The number of fused-ring (bicyclic) bond motifs is 1. The Balaban J connectivity index is 1.76. The molecule has 1 N–H and O–H groups in total. The molecule has 1 heterocycles. The number of hydrogen-bond donors (Lipinski definition) is 1. The Morgan fingerprint density at radius 3 is 2.48 bits per heavy atom. The van der Waals surface area contributed by atoms with Gasteiger partial charge in [0.15, 0.2) is 6.61 Å². The third kappa shape index (κ3) is 3.99. The molecule has 5 heteroatoms. The molecule has 0 spiro atoms. The molecule has 0 saturated carbocycles. The lowest BCUT2D eigenvalue weighted by atomic mass is 10.1. The normalized spacial score (nSPS) is 13.9. The second-order valence-electron chi connectivity index (χ2n) is 7.14. The number of ether oxygens (including phenoxy) is 1. The standard InChI is InChI=1S/C20H22N2O3/c1-20(2,3)21-19(24)15-10-8-14(9-11-15)12-22-16-6-4-5-7-17(16)25-13-18(22)23/h4-11H,12-13H2,1-3H3,(H,21,24). The van der Waals surface area contributed by atoms with Gasteiger partial charge in [0, 0.05) is 11.1 Å². The summed E-state index contributed by atoms with van der Waals surface area (Å²) in [7, 11) is 0. The molecule has 0 fully saturated rings. The first-order valence-electron chi connectivity index (χ1n) is 8.27. The van der Waals surface area contributed by atoms with Gasteiger partial charge in [-0.25, -0.2) is 0 Å². The molecule has 2 amide bonds. The zero-order chi connectivity index (χ0) is 18.0. The van der Waals surface area contributed by atoms with Crippen LogP contribution in [0, 0.1) is 0 Å². The topological polar surface area (TPSA) is 58.6 Å². The van der Waals surface area contributed by atoms with Gasteiger partial charge in [0.1, 0.15) is 5.75 Å². The molecule has 130 valence electrons. The van der Waals surface area contributed by atoms with Crippen LogP contribution in [0.5, 0.6) is 5.75 Å². The van der Waals surface area contributed by atoms with Crippen molar-refractivity contribution in [3.05, 3.63) is 59.7 Å². The minimum absolute atomic E-state index is 0.0447. The first kappa shape index (κ1) is 17.0. The Morgan fingerprint density at radius 2 is 1.80 bits per heavy atom. The summed E-state index contributed by atoms with van der Waals surface area (Å²) in [5, 5.41) is 2.94. The molecule has 5 nitrogen and oxygen atoms in total. The predicted molar refractivity (Wildman–Crippen MR) is 96.8 cm³/mol. The van der Waals surface area contributed by atoms with Crippen molar-refractivity contribution in [2.45, 2.75) is 32.9 Å². The van der Waals surface area contributed by atoms with Gasteiger partial charge in [-0.3, -0.25) is 9.59 Å². The zero-order valence-corrected chi connectivity index (χ0v) is 14.7. The number of hydrogen-bond acceptors (Lipinski definition) is 3. The minimum atomic E-state index is -0.278. The Hall–Kier alpha value is -2.82. The third-order valence-corrected chi connectivity index (χ3v) is 3.85. The van der Waals surface area contributed by atoms with Crippen LogP contribution < -0.4 is 15.0 Å². The highest BCUT2D eigenvalue weighted by molar-refractivity contribution is 5.98. The van der Waals surface area contributed by atoms with Gasteiger partial charge in [0.05, 0.1) is 12.2 Å². The van der Waals surface area contributed by atoms with Crippen LogP contribution in [-0.4, -0.2) is 24.0 Å². The van der Waals surface area contributed by atoms with Crippen LogP contribution >= 0.6 is 0 Å². The summed E-state index contributed by atoms with van der Waals surface area (Å²) in [6, 6.07) is 14.8. The van der Waals surface area contributed by atoms with E-state index in [9.17, 15) is 9.59 Å². The van der Waals surface area contributed by atoms with Gasteiger partial charge in [-0.05, 0) is 50.6 Å². The molecule has 0 radical (unpaired) electrons. The maximum atomic E-state index is 12.2. The van der Waals surface area contributed by atoms with Gasteiger partial charge in [0.25, 0.3) is 11.8 Å². The number of nitrogens with zero attached hydrogens (tertiary/aromatic N) is 1. The number of carbonyl (C=O) groups excluding carboxylic acids is 2. The van der Waals surface area contributed by atoms with Gasteiger partial charge in [0.2, 0.25) is 0 Å². The van der Waals surface area contributed by atoms with Crippen molar-refractivity contribution in [2.24, 2.45) is 0 Å². The van der Waals surface area contributed by atoms with Crippen molar-refractivity contribution in [1.29, 1.82) is 0 Å². The van der Waals surface area contributed by atoms with Crippen LogP contribution in [0.2, 0.25) is 0 Å². The molecular formula is C20H22N2O3. The van der Waals surface area contributed by atoms with Crippen LogP contribution in [0.25, 0.3) is 0 Å². The SMILES string of the molecule is CC(C)(C)NC(=O)c1ccc(CN2C(=O)COc3ccccc32)cc1. The molecule has 2 aromatic rings. The molecule has 0 atom stereocenters. The molecule has 0 unspecified atom stereocenters. The van der Waals surface area contributed by atoms with E-state index in [-0.39, 0.29) is 24.0 Å². The van der Waals surface area contributed by atoms with E-state index < -0.39 is 0 Å². The van der Waals surface area contributed by atoms with E-state index in [1.165, 1.54) is 0 Å². The van der Waals surface area contributed by atoms with Gasteiger partial charge >= 0.3 is 0 Å². The number of amides is 2. The molecule has 25 heavy (non-hydrogen) atoms. The van der Waals surface area contributed by atoms with Crippen molar-refractivity contribution in [3.63, 3.8) is 0 Å². The van der Waals surface area contributed by atoms with Crippen LogP contribution in [0.4, 0.5) is 5.69 Å². The Labute approximate surface area is 147 Å². The smallest absolute Gasteiger partial charge is 0.265 e. The van der Waals surface area contributed by atoms with Crippen molar-refractivity contribution in [2.75, 3.05) is 11.5 Å². The third-order valence-electron chi connectivity index (χ3n) is 3.85. The van der Waals surface area contributed by atoms with E-state index >= 15 is 0 Å². The molecule has 2 aromatic carbocycles. The Bertz CT molecular complexity index is 791. The molecule has 0 aromatic heterocycles. The summed E-state index contributed by atoms with van der Waals surface area (Å²) in [6.07, 6.45) is 0. The van der Waals surface area contributed by atoms with E-state index in [1.54, 1.807) is 17.0 Å². The fraction of sp³-hybridized carbons (Fsp3) is 0.300. The second kappa shape index (κ2) is 6.59. The van der Waals surface area contributed by atoms with E-state index in [2.05, 4.69) is 5.32 Å². The average molecular weight is 338 g/mol. The van der Waals surface area contributed by atoms with Gasteiger partial charge in [-0.2, -0.15) is 0 Å². The number of nitrogens with one attached hydrogen (secondary N) is 1. The maximum absolute atomic E-state index is 12.2. The largest absolute Gasteiger partial charge is 0.482 e. The van der Waals surface area contributed by atoms with Crippen molar-refractivity contribution in [3.8, 4) is 5.75 Å². The van der Waals surface area contributed by atoms with E-state index in [0.717, 1.165) is 11.3 Å². The van der Waals surface area contributed by atoms with Crippen LogP contribution in [-0.2, 0) is 11.3 Å². The summed E-state index contributed by atoms with van der Waals surface area (Å²) >= 11 is 0. The van der Waals surface area contributed by atoms with Crippen LogP contribution in [0.15, 0.2) is 48.5 Å². The highest BCUT2D eigenvalue weighted by Gasteiger charge is 2.25. The highest BCUT2D eigenvalue weighted by Crippen LogP contribution is 2.32. The van der Waals surface area contributed by atoms with E-state index in [4.69, 9.17) is 4.74 Å². The average Bonchev–Trinajstić information content (AvgIpc) is 2.56. The Kier molecular flexibility index (Phi) is 4.49. The number of para-hydroxylation sites is 2. The van der Waals surface area contributed by atoms with Gasteiger partial charge in [-0.15, -0.1) is 0 Å². The summed E-state index contributed by atoms with van der Waals surface area (Å²) in [6.45, 7) is 6.33. The molecule has 1 aliphatic rings. The first-order chi connectivity index (χ1) is 11.8. The summed E-state index contributed by atoms with van der Waals surface area (Å²) in [4.78, 5) is 26.1. The quantitative estimate of drug-likeness (QED) is 0.935. The molecule has 0 bridgehead atoms. The molecule has 3 rings (SSSR count). The minimum Gasteiger partial charge on any atom is -0.482 e. The van der Waals surface area contributed by atoms with Gasteiger partial charge in [-0.1, -0.05) is 24.3 Å². The lowest BCUT2D eigenvalue weighted by Gasteiger charge is -2.29. The maximum Gasteiger partial charge on any atom is 0.265 e. The zero-order valence-electron chi connectivity index (χ0n) is 14.7. The lowest BCUT2D eigenvalue weighted by Crippen LogP contribution is -2.40. The molecule has 1 aliphatic heterocycles. The van der Waals surface area contributed by atoms with Crippen molar-refractivity contribution < 1.29 is 14.3 Å². The Morgan fingerprint density at radius 1 is 1.12 bits per heavy atom. The molecule has 0 saturated heterocycles. The van der Waals surface area contributed by atoms with Crippen molar-refractivity contribution >= 4 is 17.5 Å².